The van der Waals surface area contributed by atoms with Gasteiger partial charge in [-0.05, 0) is 49.2 Å². The number of carbonyl (C=O) groups excluding carboxylic acids is 1. The molecule has 1 aliphatic carbocycles. The van der Waals surface area contributed by atoms with Gasteiger partial charge < -0.3 is 16.8 Å². The largest absolute Gasteiger partial charge is 0.384 e. The summed E-state index contributed by atoms with van der Waals surface area (Å²) in [5, 5.41) is 18.2. The highest BCUT2D eigenvalue weighted by Gasteiger charge is 2.26. The second-order valence-electron chi connectivity index (χ2n) is 7.40. The minimum absolute atomic E-state index is 0.0102. The lowest BCUT2D eigenvalue weighted by molar-refractivity contribution is 0.254. The quantitative estimate of drug-likeness (QED) is 0.299. The van der Waals surface area contributed by atoms with E-state index >= 15 is 0 Å². The van der Waals surface area contributed by atoms with Crippen molar-refractivity contribution in [3.63, 3.8) is 0 Å². The maximum absolute atomic E-state index is 13.3. The molecule has 0 unspecified atom stereocenters. The van der Waals surface area contributed by atoms with Crippen LogP contribution in [0.1, 0.15) is 49.7 Å². The Morgan fingerprint density at radius 2 is 1.52 bits per heavy atom. The van der Waals surface area contributed by atoms with E-state index in [1.165, 1.54) is 12.8 Å². The van der Waals surface area contributed by atoms with Crippen LogP contribution in [0.4, 0.5) is 16.2 Å². The molecule has 7 heteroatoms. The van der Waals surface area contributed by atoms with Crippen molar-refractivity contribution in [1.82, 2.24) is 0 Å². The Labute approximate surface area is 171 Å². The van der Waals surface area contributed by atoms with Gasteiger partial charge in [-0.3, -0.25) is 15.7 Å². The summed E-state index contributed by atoms with van der Waals surface area (Å²) in [5.41, 5.74) is 13.7. The molecular weight excluding hydrogens is 364 g/mol. The van der Waals surface area contributed by atoms with Gasteiger partial charge in [0.2, 0.25) is 0 Å². The van der Waals surface area contributed by atoms with E-state index in [-0.39, 0.29) is 23.7 Å². The predicted molar refractivity (Wildman–Crippen MR) is 118 cm³/mol. The van der Waals surface area contributed by atoms with Crippen molar-refractivity contribution in [3.05, 3.63) is 59.7 Å². The van der Waals surface area contributed by atoms with Gasteiger partial charge in [-0.2, -0.15) is 0 Å². The van der Waals surface area contributed by atoms with Crippen molar-refractivity contribution in [2.75, 3.05) is 10.2 Å². The van der Waals surface area contributed by atoms with Crippen molar-refractivity contribution in [1.29, 1.82) is 10.8 Å². The van der Waals surface area contributed by atoms with Gasteiger partial charge in [0.25, 0.3) is 0 Å². The summed E-state index contributed by atoms with van der Waals surface area (Å²) in [4.78, 5) is 15.1. The average molecular weight is 393 g/mol. The number of amidine groups is 2. The van der Waals surface area contributed by atoms with Gasteiger partial charge in [0.1, 0.15) is 11.7 Å². The van der Waals surface area contributed by atoms with Crippen LogP contribution in [-0.2, 0) is 0 Å². The van der Waals surface area contributed by atoms with Crippen LogP contribution in [-0.4, -0.2) is 23.7 Å². The van der Waals surface area contributed by atoms with E-state index in [0.29, 0.717) is 16.8 Å². The highest BCUT2D eigenvalue weighted by Crippen LogP contribution is 2.28. The molecular formula is C22H28N6O. The summed E-state index contributed by atoms with van der Waals surface area (Å²) in [6.45, 7) is 0. The number of carbonyl (C=O) groups is 1. The Bertz CT molecular complexity index is 884. The molecule has 3 rings (SSSR count). The molecule has 0 spiro atoms. The summed E-state index contributed by atoms with van der Waals surface area (Å²) in [7, 11) is 0. The van der Waals surface area contributed by atoms with Gasteiger partial charge in [0.15, 0.2) is 0 Å². The van der Waals surface area contributed by atoms with Crippen molar-refractivity contribution in [3.8, 4) is 0 Å². The van der Waals surface area contributed by atoms with Crippen LogP contribution in [0.25, 0.3) is 0 Å². The third-order valence-corrected chi connectivity index (χ3v) is 5.29. The zero-order valence-electron chi connectivity index (χ0n) is 16.4. The fourth-order valence-electron chi connectivity index (χ4n) is 3.75. The molecule has 2 aromatic carbocycles. The number of urea groups is 1. The number of hydrogen-bond acceptors (Lipinski definition) is 3. The van der Waals surface area contributed by atoms with Crippen molar-refractivity contribution < 1.29 is 4.79 Å². The molecule has 1 fully saturated rings. The van der Waals surface area contributed by atoms with E-state index in [1.807, 2.05) is 12.1 Å². The van der Waals surface area contributed by atoms with E-state index < -0.39 is 0 Å². The second-order valence-corrected chi connectivity index (χ2v) is 7.40. The number of amides is 2. The normalized spacial score (nSPS) is 14.6. The number of nitrogens with one attached hydrogen (secondary N) is 3. The number of nitrogens with zero attached hydrogens (tertiary/aromatic N) is 1. The molecule has 0 bridgehead atoms. The van der Waals surface area contributed by atoms with Gasteiger partial charge in [0, 0.05) is 28.5 Å². The van der Waals surface area contributed by atoms with E-state index in [1.54, 1.807) is 41.3 Å². The van der Waals surface area contributed by atoms with Crippen LogP contribution in [0.5, 0.6) is 0 Å². The van der Waals surface area contributed by atoms with Crippen LogP contribution < -0.4 is 21.7 Å². The molecule has 2 aromatic rings. The first-order valence-corrected chi connectivity index (χ1v) is 9.95. The maximum atomic E-state index is 13.3. The molecule has 0 aromatic heterocycles. The average Bonchev–Trinajstić information content (AvgIpc) is 2.98. The first-order chi connectivity index (χ1) is 14.0. The monoisotopic (exact) mass is 392 g/mol. The molecule has 0 aliphatic heterocycles. The number of nitrogens with two attached hydrogens (primary N) is 2. The summed E-state index contributed by atoms with van der Waals surface area (Å²) >= 11 is 0. The van der Waals surface area contributed by atoms with Crippen LogP contribution >= 0.6 is 0 Å². The molecule has 0 atom stereocenters. The first-order valence-electron chi connectivity index (χ1n) is 9.95. The van der Waals surface area contributed by atoms with Gasteiger partial charge >= 0.3 is 6.03 Å². The fourth-order valence-corrected chi connectivity index (χ4v) is 3.75. The van der Waals surface area contributed by atoms with E-state index in [4.69, 9.17) is 22.3 Å². The zero-order chi connectivity index (χ0) is 20.8. The van der Waals surface area contributed by atoms with Gasteiger partial charge in [-0.1, -0.05) is 37.8 Å². The smallest absolute Gasteiger partial charge is 0.326 e. The molecule has 0 heterocycles. The lowest BCUT2D eigenvalue weighted by Gasteiger charge is -2.32. The molecule has 2 amide bonds. The molecule has 7 nitrogen and oxygen atoms in total. The molecule has 7 N–H and O–H groups in total. The molecule has 0 saturated heterocycles. The Morgan fingerprint density at radius 1 is 0.897 bits per heavy atom. The van der Waals surface area contributed by atoms with Crippen LogP contribution in [0.3, 0.4) is 0 Å². The van der Waals surface area contributed by atoms with Gasteiger partial charge in [-0.25, -0.2) is 4.79 Å². The lowest BCUT2D eigenvalue weighted by atomic mass is 10.1. The molecule has 29 heavy (non-hydrogen) atoms. The SMILES string of the molecule is N=C(N)c1ccc(NC(=O)N(c2cccc(C(=N)N)c2)C2CCCCCC2)cc1. The minimum atomic E-state index is -0.215. The third kappa shape index (κ3) is 5.13. The van der Waals surface area contributed by atoms with E-state index in [0.717, 1.165) is 31.4 Å². The maximum Gasteiger partial charge on any atom is 0.326 e. The summed E-state index contributed by atoms with van der Waals surface area (Å²) in [6, 6.07) is 14.1. The van der Waals surface area contributed by atoms with Crippen molar-refractivity contribution in [2.45, 2.75) is 44.6 Å². The zero-order valence-corrected chi connectivity index (χ0v) is 16.4. The Morgan fingerprint density at radius 3 is 2.10 bits per heavy atom. The number of nitrogen functional groups attached to an aromatic ring is 2. The van der Waals surface area contributed by atoms with Gasteiger partial charge in [-0.15, -0.1) is 0 Å². The Hall–Kier alpha value is -3.35. The molecule has 152 valence electrons. The first kappa shape index (κ1) is 20.4. The van der Waals surface area contributed by atoms with E-state index in [9.17, 15) is 4.79 Å². The van der Waals surface area contributed by atoms with Crippen LogP contribution in [0, 0.1) is 10.8 Å². The topological polar surface area (TPSA) is 132 Å². The Kier molecular flexibility index (Phi) is 6.49. The van der Waals surface area contributed by atoms with Crippen molar-refractivity contribution in [2.24, 2.45) is 11.5 Å². The van der Waals surface area contributed by atoms with Crippen LogP contribution in [0.2, 0.25) is 0 Å². The molecule has 0 radical (unpaired) electrons. The predicted octanol–water partition coefficient (Wildman–Crippen LogP) is 4.02. The van der Waals surface area contributed by atoms with E-state index in [2.05, 4.69) is 5.32 Å². The Balaban J connectivity index is 1.89. The highest BCUT2D eigenvalue weighted by molar-refractivity contribution is 6.04. The highest BCUT2D eigenvalue weighted by atomic mass is 16.2. The summed E-state index contributed by atoms with van der Waals surface area (Å²) in [6.07, 6.45) is 6.45. The summed E-state index contributed by atoms with van der Waals surface area (Å²) < 4.78 is 0. The molecule has 1 aliphatic rings. The van der Waals surface area contributed by atoms with Gasteiger partial charge in [0.05, 0.1) is 0 Å². The standard InChI is InChI=1S/C22H28N6O/c23-20(24)15-10-12-17(13-11-15)27-22(29)28(18-7-3-1-2-4-8-18)19-9-5-6-16(14-19)21(25)26/h5-6,9-14,18H,1-4,7-8H2,(H3,23,24)(H3,25,26)(H,27,29). The number of benzene rings is 2. The second kappa shape index (κ2) is 9.23. The number of rotatable bonds is 5. The number of hydrogen-bond donors (Lipinski definition) is 5. The molecule has 1 saturated carbocycles. The lowest BCUT2D eigenvalue weighted by Crippen LogP contribution is -2.43. The minimum Gasteiger partial charge on any atom is -0.384 e. The fraction of sp³-hybridized carbons (Fsp3) is 0.318. The number of anilines is 2. The summed E-state index contributed by atoms with van der Waals surface area (Å²) in [5.74, 6) is -0.0306. The van der Waals surface area contributed by atoms with Crippen molar-refractivity contribution >= 4 is 29.1 Å². The third-order valence-electron chi connectivity index (χ3n) is 5.29. The van der Waals surface area contributed by atoms with Crippen LogP contribution in [0.15, 0.2) is 48.5 Å².